The fourth-order valence-corrected chi connectivity index (χ4v) is 9.25. The number of thiophene rings is 1. The molecular formula is C42H48N2O4S. The van der Waals surface area contributed by atoms with Crippen molar-refractivity contribution in [2.24, 2.45) is 17.8 Å². The Balaban J connectivity index is 1.32. The van der Waals surface area contributed by atoms with E-state index in [0.29, 0.717) is 35.7 Å². The zero-order valence-electron chi connectivity index (χ0n) is 29.3. The Morgan fingerprint density at radius 3 is 2.47 bits per heavy atom. The Kier molecular flexibility index (Phi) is 9.76. The van der Waals surface area contributed by atoms with Crippen LogP contribution in [-0.4, -0.2) is 39.6 Å². The van der Waals surface area contributed by atoms with E-state index in [9.17, 15) is 14.7 Å². The lowest BCUT2D eigenvalue weighted by Gasteiger charge is -2.28. The zero-order valence-corrected chi connectivity index (χ0v) is 30.1. The maximum atomic E-state index is 14.1. The molecule has 3 atom stereocenters. The van der Waals surface area contributed by atoms with Gasteiger partial charge in [0.05, 0.1) is 33.7 Å². The fourth-order valence-electron chi connectivity index (χ4n) is 8.13. The summed E-state index contributed by atoms with van der Waals surface area (Å²) in [7, 11) is 0. The minimum atomic E-state index is -0.913. The van der Waals surface area contributed by atoms with Crippen molar-refractivity contribution in [2.75, 3.05) is 13.2 Å². The van der Waals surface area contributed by atoms with E-state index in [1.54, 1.807) is 6.07 Å². The summed E-state index contributed by atoms with van der Waals surface area (Å²) < 4.78 is 9.15. The molecule has 256 valence electrons. The van der Waals surface area contributed by atoms with E-state index in [2.05, 4.69) is 80.8 Å². The lowest BCUT2D eigenvalue weighted by Crippen LogP contribution is -2.26. The van der Waals surface area contributed by atoms with Gasteiger partial charge in [0.25, 0.3) is 0 Å². The normalized spacial score (nSPS) is 20.8. The summed E-state index contributed by atoms with van der Waals surface area (Å²) >= 11 is 1.37. The molecule has 3 aromatic heterocycles. The highest BCUT2D eigenvalue weighted by Gasteiger charge is 2.31. The molecule has 2 fully saturated rings. The zero-order chi connectivity index (χ0) is 34.2. The van der Waals surface area contributed by atoms with Gasteiger partial charge in [0.1, 0.15) is 4.88 Å². The predicted octanol–water partition coefficient (Wildman–Crippen LogP) is 10.6. The molecule has 6 nitrogen and oxygen atoms in total. The number of nitrogens with zero attached hydrogens (tertiary/aromatic N) is 2. The quantitative estimate of drug-likeness (QED) is 0.177. The molecule has 3 unspecified atom stereocenters. The number of aromatic nitrogens is 2. The van der Waals surface area contributed by atoms with Crippen LogP contribution in [0.5, 0.6) is 0 Å². The largest absolute Gasteiger partial charge is 0.477 e. The fraction of sp³-hybridized carbons (Fsp3) is 0.452. The number of benzene rings is 2. The lowest BCUT2D eigenvalue weighted by molar-refractivity contribution is -0.121. The summed E-state index contributed by atoms with van der Waals surface area (Å²) in [5, 5.41) is 11.1. The summed E-state index contributed by atoms with van der Waals surface area (Å²) in [6.07, 6.45) is 8.31. The van der Waals surface area contributed by atoms with Gasteiger partial charge in [-0.05, 0) is 116 Å². The number of aryl methyl sites for hydroxylation is 2. The number of aromatic carboxylic acids is 1. The Bertz CT molecular complexity index is 2020. The Hall–Kier alpha value is -3.81. The van der Waals surface area contributed by atoms with Crippen LogP contribution < -0.4 is 0 Å². The second kappa shape index (κ2) is 14.2. The van der Waals surface area contributed by atoms with Gasteiger partial charge in [0.15, 0.2) is 5.78 Å². The van der Waals surface area contributed by atoms with Gasteiger partial charge in [-0.3, -0.25) is 4.79 Å². The first kappa shape index (κ1) is 33.7. The molecule has 1 saturated carbocycles. The van der Waals surface area contributed by atoms with Crippen LogP contribution in [0.15, 0.2) is 54.6 Å². The van der Waals surface area contributed by atoms with Crippen LogP contribution in [0.25, 0.3) is 43.6 Å². The number of hydrogen-bond acceptors (Lipinski definition) is 5. The molecule has 0 radical (unpaired) electrons. The van der Waals surface area contributed by atoms with Gasteiger partial charge in [-0.15, -0.1) is 11.3 Å². The topological polar surface area (TPSA) is 81.4 Å². The first-order valence-electron chi connectivity index (χ1n) is 18.1. The van der Waals surface area contributed by atoms with Crippen LogP contribution in [0, 0.1) is 31.6 Å². The van der Waals surface area contributed by atoms with E-state index >= 15 is 0 Å². The van der Waals surface area contributed by atoms with Crippen LogP contribution >= 0.6 is 11.3 Å². The highest BCUT2D eigenvalue weighted by Crippen LogP contribution is 2.47. The summed E-state index contributed by atoms with van der Waals surface area (Å²) in [5.41, 5.74) is 9.72. The van der Waals surface area contributed by atoms with Gasteiger partial charge >= 0.3 is 5.97 Å². The van der Waals surface area contributed by atoms with Crippen molar-refractivity contribution in [1.29, 1.82) is 0 Å². The van der Waals surface area contributed by atoms with Crippen LogP contribution in [0.4, 0.5) is 0 Å². The summed E-state index contributed by atoms with van der Waals surface area (Å²) in [4.78, 5) is 31.7. The number of carboxylic acids is 1. The summed E-state index contributed by atoms with van der Waals surface area (Å²) in [6, 6.07) is 19.0. The third-order valence-electron chi connectivity index (χ3n) is 11.2. The number of ether oxygens (including phenoxy) is 1. The number of carbonyl (C=O) groups is 2. The van der Waals surface area contributed by atoms with E-state index in [4.69, 9.17) is 9.72 Å². The van der Waals surface area contributed by atoms with Crippen LogP contribution in [0.3, 0.4) is 0 Å². The van der Waals surface area contributed by atoms with Gasteiger partial charge in [-0.1, -0.05) is 57.4 Å². The highest BCUT2D eigenvalue weighted by molar-refractivity contribution is 7.21. The van der Waals surface area contributed by atoms with E-state index in [1.807, 2.05) is 0 Å². The molecule has 0 bridgehead atoms. The maximum Gasteiger partial charge on any atom is 0.345 e. The van der Waals surface area contributed by atoms with Crippen molar-refractivity contribution < 1.29 is 19.4 Å². The van der Waals surface area contributed by atoms with Gasteiger partial charge in [0, 0.05) is 30.6 Å². The Morgan fingerprint density at radius 2 is 1.69 bits per heavy atom. The highest BCUT2D eigenvalue weighted by atomic mass is 32.1. The summed E-state index contributed by atoms with van der Waals surface area (Å²) in [6.45, 7) is 10.4. The van der Waals surface area contributed by atoms with Crippen LogP contribution in [0.2, 0.25) is 0 Å². The molecule has 1 N–H and O–H groups in total. The first-order chi connectivity index (χ1) is 23.7. The van der Waals surface area contributed by atoms with E-state index < -0.39 is 5.97 Å². The minimum Gasteiger partial charge on any atom is -0.477 e. The van der Waals surface area contributed by atoms with E-state index in [1.165, 1.54) is 34.4 Å². The number of pyridine rings is 1. The molecule has 1 aliphatic heterocycles. The van der Waals surface area contributed by atoms with Crippen LogP contribution in [-0.2, 0) is 16.1 Å². The molecular weight excluding hydrogens is 629 g/mol. The number of ketones is 1. The third kappa shape index (κ3) is 6.98. The van der Waals surface area contributed by atoms with Crippen molar-refractivity contribution in [2.45, 2.75) is 91.5 Å². The Labute approximate surface area is 293 Å². The molecule has 1 saturated heterocycles. The van der Waals surface area contributed by atoms with Gasteiger partial charge in [-0.25, -0.2) is 9.78 Å². The Morgan fingerprint density at radius 1 is 0.898 bits per heavy atom. The average Bonchev–Trinajstić information content (AvgIpc) is 3.65. The number of hydrogen-bond donors (Lipinski definition) is 1. The standard InChI is InChI=1S/C42H48N2O4S/c1-25-10-12-30(28(4)24-48-23-25)20-34(45)22-44-37-21-38(42(46)47)49-41(37)39(29-8-6-5-7-9-29)40(44)33-15-17-36-32(19-33)14-16-35(43-36)31-13-11-26(2)27(3)18-31/h11,13-19,21,25,28-30H,5-10,12,20,22-24H2,1-4H3,(H,46,47). The molecule has 4 heterocycles. The molecule has 0 amide bonds. The molecule has 1 aliphatic carbocycles. The van der Waals surface area contributed by atoms with Crippen molar-refractivity contribution >= 4 is 44.2 Å². The van der Waals surface area contributed by atoms with E-state index in [0.717, 1.165) is 88.8 Å². The molecule has 7 heteroatoms. The number of Topliss-reactive ketones (excluding diaryl/α,β-unsaturated/α-hetero) is 1. The number of rotatable bonds is 8. The molecule has 7 rings (SSSR count). The lowest BCUT2D eigenvalue weighted by atomic mass is 9.82. The third-order valence-corrected chi connectivity index (χ3v) is 12.4. The number of carboxylic acid groups (broad SMARTS) is 1. The second-order valence-electron chi connectivity index (χ2n) is 14.9. The first-order valence-corrected chi connectivity index (χ1v) is 19.0. The van der Waals surface area contributed by atoms with Gasteiger partial charge in [-0.2, -0.15) is 0 Å². The molecule has 49 heavy (non-hydrogen) atoms. The van der Waals surface area contributed by atoms with Crippen molar-refractivity contribution in [3.63, 3.8) is 0 Å². The van der Waals surface area contributed by atoms with Gasteiger partial charge in [0.2, 0.25) is 0 Å². The summed E-state index contributed by atoms with van der Waals surface area (Å²) in [5.74, 6) is 0.704. The molecule has 0 spiro atoms. The monoisotopic (exact) mass is 676 g/mol. The number of carbonyl (C=O) groups excluding carboxylic acids is 1. The molecule has 5 aromatic rings. The average molecular weight is 677 g/mol. The molecule has 2 aromatic carbocycles. The SMILES string of the molecule is Cc1ccc(-c2ccc3cc(-c4c(C5CCCCC5)c5sc(C(=O)O)cc5n4CC(=O)CC4CCC(C)COCC4C)ccc3n2)cc1C. The smallest absolute Gasteiger partial charge is 0.345 e. The van der Waals surface area contributed by atoms with E-state index in [-0.39, 0.29) is 18.2 Å². The van der Waals surface area contributed by atoms with Crippen molar-refractivity contribution in [1.82, 2.24) is 9.55 Å². The van der Waals surface area contributed by atoms with Crippen molar-refractivity contribution in [3.05, 3.63) is 76.2 Å². The second-order valence-corrected chi connectivity index (χ2v) is 16.0. The van der Waals surface area contributed by atoms with Crippen molar-refractivity contribution in [3.8, 4) is 22.5 Å². The number of fused-ring (bicyclic) bond motifs is 2. The minimum absolute atomic E-state index is 0.196. The predicted molar refractivity (Wildman–Crippen MR) is 200 cm³/mol. The van der Waals surface area contributed by atoms with Gasteiger partial charge < -0.3 is 14.4 Å². The maximum absolute atomic E-state index is 14.1. The molecule has 2 aliphatic rings. The van der Waals surface area contributed by atoms with Crippen LogP contribution in [0.1, 0.15) is 97.5 Å².